The Bertz CT molecular complexity index is 477. The summed E-state index contributed by atoms with van der Waals surface area (Å²) < 4.78 is 0. The van der Waals surface area contributed by atoms with Gasteiger partial charge in [0, 0.05) is 38.7 Å². The Hall–Kier alpha value is -1.85. The van der Waals surface area contributed by atoms with Crippen LogP contribution in [0.25, 0.3) is 0 Å². The van der Waals surface area contributed by atoms with E-state index in [2.05, 4.69) is 27.5 Å². The van der Waals surface area contributed by atoms with Crippen LogP contribution in [0.4, 0.5) is 11.6 Å². The van der Waals surface area contributed by atoms with Crippen LogP contribution in [-0.4, -0.2) is 47.0 Å². The number of aryl methyl sites for hydroxylation is 1. The summed E-state index contributed by atoms with van der Waals surface area (Å²) in [6.45, 7) is 5.63. The molecule has 2 rings (SSSR count). The SMILES string of the molecule is CCCNc1cc(NC2CCC(=O)N(C)C2)nc(C)n1. The van der Waals surface area contributed by atoms with Crippen molar-refractivity contribution in [1.29, 1.82) is 0 Å². The average molecular weight is 277 g/mol. The molecule has 0 radical (unpaired) electrons. The summed E-state index contributed by atoms with van der Waals surface area (Å²) in [6, 6.07) is 2.19. The molecule has 2 N–H and O–H groups in total. The van der Waals surface area contributed by atoms with E-state index in [-0.39, 0.29) is 11.9 Å². The number of anilines is 2. The molecule has 1 fully saturated rings. The van der Waals surface area contributed by atoms with E-state index in [0.717, 1.165) is 43.4 Å². The van der Waals surface area contributed by atoms with E-state index >= 15 is 0 Å². The molecule has 1 saturated heterocycles. The fraction of sp³-hybridized carbons (Fsp3) is 0.643. The van der Waals surface area contributed by atoms with Crippen molar-refractivity contribution in [1.82, 2.24) is 14.9 Å². The van der Waals surface area contributed by atoms with Crippen LogP contribution in [0, 0.1) is 6.92 Å². The Morgan fingerprint density at radius 3 is 2.85 bits per heavy atom. The molecule has 110 valence electrons. The minimum atomic E-state index is 0.215. The third kappa shape index (κ3) is 3.82. The summed E-state index contributed by atoms with van der Waals surface area (Å²) in [4.78, 5) is 22.0. The van der Waals surface area contributed by atoms with E-state index in [1.54, 1.807) is 4.90 Å². The molecule has 2 heterocycles. The van der Waals surface area contributed by atoms with Gasteiger partial charge < -0.3 is 15.5 Å². The van der Waals surface area contributed by atoms with Crippen LogP contribution >= 0.6 is 0 Å². The van der Waals surface area contributed by atoms with E-state index in [9.17, 15) is 4.79 Å². The van der Waals surface area contributed by atoms with Gasteiger partial charge in [0.15, 0.2) is 0 Å². The third-order valence-corrected chi connectivity index (χ3v) is 3.37. The number of hydrogen-bond acceptors (Lipinski definition) is 5. The lowest BCUT2D eigenvalue weighted by Gasteiger charge is -2.30. The van der Waals surface area contributed by atoms with Crippen LogP contribution in [-0.2, 0) is 4.79 Å². The van der Waals surface area contributed by atoms with Gasteiger partial charge >= 0.3 is 0 Å². The van der Waals surface area contributed by atoms with E-state index < -0.39 is 0 Å². The molecule has 1 amide bonds. The molecular weight excluding hydrogens is 254 g/mol. The first-order chi connectivity index (χ1) is 9.58. The molecule has 1 aliphatic rings. The number of aromatic nitrogens is 2. The molecule has 0 aromatic carbocycles. The molecule has 0 aliphatic carbocycles. The molecule has 1 aromatic rings. The normalized spacial score (nSPS) is 19.1. The average Bonchev–Trinajstić information content (AvgIpc) is 2.40. The molecule has 0 bridgehead atoms. The van der Waals surface area contributed by atoms with Crippen LogP contribution in [0.5, 0.6) is 0 Å². The van der Waals surface area contributed by atoms with E-state index in [1.807, 2.05) is 20.0 Å². The zero-order valence-electron chi connectivity index (χ0n) is 12.4. The maximum absolute atomic E-state index is 11.5. The maximum Gasteiger partial charge on any atom is 0.222 e. The van der Waals surface area contributed by atoms with Gasteiger partial charge in [0.25, 0.3) is 0 Å². The highest BCUT2D eigenvalue weighted by Crippen LogP contribution is 2.17. The highest BCUT2D eigenvalue weighted by atomic mass is 16.2. The lowest BCUT2D eigenvalue weighted by atomic mass is 10.1. The monoisotopic (exact) mass is 277 g/mol. The summed E-state index contributed by atoms with van der Waals surface area (Å²) in [7, 11) is 1.84. The Labute approximate surface area is 120 Å². The minimum absolute atomic E-state index is 0.215. The number of likely N-dealkylation sites (tertiary alicyclic amines) is 1. The number of piperidine rings is 1. The van der Waals surface area contributed by atoms with Gasteiger partial charge in [-0.3, -0.25) is 4.79 Å². The van der Waals surface area contributed by atoms with Gasteiger partial charge in [0.2, 0.25) is 5.91 Å². The van der Waals surface area contributed by atoms with E-state index in [4.69, 9.17) is 0 Å². The highest BCUT2D eigenvalue weighted by molar-refractivity contribution is 5.77. The van der Waals surface area contributed by atoms with E-state index in [1.165, 1.54) is 0 Å². The maximum atomic E-state index is 11.5. The highest BCUT2D eigenvalue weighted by Gasteiger charge is 2.23. The fourth-order valence-corrected chi connectivity index (χ4v) is 2.32. The standard InChI is InChI=1S/C14H23N5O/c1-4-7-15-12-8-13(17-10(2)16-12)18-11-5-6-14(20)19(3)9-11/h8,11H,4-7,9H2,1-3H3,(H2,15,16,17,18). The number of nitrogens with zero attached hydrogens (tertiary/aromatic N) is 3. The Morgan fingerprint density at radius 2 is 2.15 bits per heavy atom. The van der Waals surface area contributed by atoms with Gasteiger partial charge in [-0.05, 0) is 19.8 Å². The number of hydrogen-bond donors (Lipinski definition) is 2. The molecule has 1 atom stereocenters. The van der Waals surface area contributed by atoms with Crippen LogP contribution < -0.4 is 10.6 Å². The number of amides is 1. The van der Waals surface area contributed by atoms with Gasteiger partial charge in [-0.1, -0.05) is 6.92 Å². The van der Waals surface area contributed by atoms with Crippen molar-refractivity contribution in [3.05, 3.63) is 11.9 Å². The number of likely N-dealkylation sites (N-methyl/N-ethyl adjacent to an activating group) is 1. The second kappa shape index (κ2) is 6.54. The summed E-state index contributed by atoms with van der Waals surface area (Å²) in [5.41, 5.74) is 0. The fourth-order valence-electron chi connectivity index (χ4n) is 2.32. The van der Waals surface area contributed by atoms with Crippen LogP contribution in [0.2, 0.25) is 0 Å². The molecule has 6 nitrogen and oxygen atoms in total. The van der Waals surface area contributed by atoms with Crippen LogP contribution in [0.15, 0.2) is 6.07 Å². The second-order valence-corrected chi connectivity index (χ2v) is 5.27. The van der Waals surface area contributed by atoms with Crippen molar-refractivity contribution >= 4 is 17.5 Å². The Morgan fingerprint density at radius 1 is 1.40 bits per heavy atom. The van der Waals surface area contributed by atoms with Gasteiger partial charge in [-0.15, -0.1) is 0 Å². The molecule has 20 heavy (non-hydrogen) atoms. The van der Waals surface area contributed by atoms with Gasteiger partial charge in [-0.2, -0.15) is 0 Å². The first-order valence-corrected chi connectivity index (χ1v) is 7.18. The van der Waals surface area contributed by atoms with Crippen molar-refractivity contribution < 1.29 is 4.79 Å². The first kappa shape index (κ1) is 14.6. The van der Waals surface area contributed by atoms with Crippen molar-refractivity contribution in [2.24, 2.45) is 0 Å². The molecule has 1 aliphatic heterocycles. The van der Waals surface area contributed by atoms with Crippen molar-refractivity contribution in [2.45, 2.75) is 39.2 Å². The van der Waals surface area contributed by atoms with Crippen molar-refractivity contribution in [3.63, 3.8) is 0 Å². The molecule has 6 heteroatoms. The minimum Gasteiger partial charge on any atom is -0.370 e. The lowest BCUT2D eigenvalue weighted by molar-refractivity contribution is -0.132. The number of carbonyl (C=O) groups excluding carboxylic acids is 1. The van der Waals surface area contributed by atoms with E-state index in [0.29, 0.717) is 6.42 Å². The predicted molar refractivity (Wildman–Crippen MR) is 79.8 cm³/mol. The predicted octanol–water partition coefficient (Wildman–Crippen LogP) is 1.64. The topological polar surface area (TPSA) is 70.2 Å². The Balaban J connectivity index is 2.01. The summed E-state index contributed by atoms with van der Waals surface area (Å²) >= 11 is 0. The largest absolute Gasteiger partial charge is 0.370 e. The zero-order chi connectivity index (χ0) is 14.5. The lowest BCUT2D eigenvalue weighted by Crippen LogP contribution is -2.43. The quantitative estimate of drug-likeness (QED) is 0.856. The van der Waals surface area contributed by atoms with Gasteiger partial charge in [0.1, 0.15) is 17.5 Å². The molecular formula is C14H23N5O. The number of rotatable bonds is 5. The number of carbonyl (C=O) groups is 1. The van der Waals surface area contributed by atoms with Gasteiger partial charge in [-0.25, -0.2) is 9.97 Å². The molecule has 1 aromatic heterocycles. The smallest absolute Gasteiger partial charge is 0.222 e. The summed E-state index contributed by atoms with van der Waals surface area (Å²) in [5, 5.41) is 6.68. The second-order valence-electron chi connectivity index (χ2n) is 5.27. The number of nitrogens with one attached hydrogen (secondary N) is 2. The Kier molecular flexibility index (Phi) is 4.76. The first-order valence-electron chi connectivity index (χ1n) is 7.18. The van der Waals surface area contributed by atoms with Crippen LogP contribution in [0.1, 0.15) is 32.0 Å². The molecule has 1 unspecified atom stereocenters. The van der Waals surface area contributed by atoms with Crippen molar-refractivity contribution in [2.75, 3.05) is 30.8 Å². The van der Waals surface area contributed by atoms with Gasteiger partial charge in [0.05, 0.1) is 0 Å². The summed E-state index contributed by atoms with van der Waals surface area (Å²) in [6.07, 6.45) is 2.50. The third-order valence-electron chi connectivity index (χ3n) is 3.37. The van der Waals surface area contributed by atoms with Crippen molar-refractivity contribution in [3.8, 4) is 0 Å². The molecule has 0 saturated carbocycles. The summed E-state index contributed by atoms with van der Waals surface area (Å²) in [5.74, 6) is 2.63. The zero-order valence-corrected chi connectivity index (χ0v) is 12.4. The van der Waals surface area contributed by atoms with Crippen LogP contribution in [0.3, 0.4) is 0 Å². The molecule has 0 spiro atoms.